The molecule has 2 unspecified atom stereocenters. The summed E-state index contributed by atoms with van der Waals surface area (Å²) < 4.78 is 0. The Hall–Kier alpha value is -2.46. The second kappa shape index (κ2) is 7.65. The van der Waals surface area contributed by atoms with Crippen LogP contribution in [0.4, 0.5) is 5.82 Å². The van der Waals surface area contributed by atoms with Gasteiger partial charge in [-0.2, -0.15) is 5.26 Å². The first-order valence-electron chi connectivity index (χ1n) is 9.69. The molecule has 27 heavy (non-hydrogen) atoms. The van der Waals surface area contributed by atoms with Crippen molar-refractivity contribution >= 4 is 5.82 Å². The summed E-state index contributed by atoms with van der Waals surface area (Å²) in [5.74, 6) is 0.511. The standard InChI is InChI=1S/C21H26N6/c1-2-9-27-10-8-18-17(13-27)19(15(11-22)21(23)25-18)16-12-24-26-20(16)14-6-4-3-5-7-14/h3-7,16,20,24,26H,2,8-10,12-13H2,1H3,(H2,23,25). The predicted molar refractivity (Wildman–Crippen MR) is 106 cm³/mol. The molecule has 4 N–H and O–H groups in total. The molecule has 6 heteroatoms. The number of nitrogens with one attached hydrogen (secondary N) is 2. The Labute approximate surface area is 160 Å². The molecule has 1 fully saturated rings. The van der Waals surface area contributed by atoms with Gasteiger partial charge >= 0.3 is 0 Å². The zero-order valence-corrected chi connectivity index (χ0v) is 15.7. The van der Waals surface area contributed by atoms with Gasteiger partial charge in [0.15, 0.2) is 0 Å². The van der Waals surface area contributed by atoms with E-state index in [0.717, 1.165) is 50.3 Å². The van der Waals surface area contributed by atoms with E-state index in [9.17, 15) is 5.26 Å². The molecule has 2 aromatic rings. The lowest BCUT2D eigenvalue weighted by Gasteiger charge is -2.32. The Bertz CT molecular complexity index is 857. The summed E-state index contributed by atoms with van der Waals surface area (Å²) in [6, 6.07) is 12.8. The first kappa shape index (κ1) is 17.9. The summed E-state index contributed by atoms with van der Waals surface area (Å²) in [5, 5.41) is 9.86. The molecule has 0 amide bonds. The summed E-state index contributed by atoms with van der Waals surface area (Å²) in [6.45, 7) is 5.88. The highest BCUT2D eigenvalue weighted by Crippen LogP contribution is 2.40. The van der Waals surface area contributed by atoms with Gasteiger partial charge in [-0.1, -0.05) is 37.3 Å². The Balaban J connectivity index is 1.81. The van der Waals surface area contributed by atoms with Gasteiger partial charge in [0.2, 0.25) is 0 Å². The topological polar surface area (TPSA) is 90.0 Å². The van der Waals surface area contributed by atoms with E-state index in [1.165, 1.54) is 11.1 Å². The summed E-state index contributed by atoms with van der Waals surface area (Å²) >= 11 is 0. The molecule has 0 saturated carbocycles. The molecule has 6 nitrogen and oxygen atoms in total. The second-order valence-electron chi connectivity index (χ2n) is 7.37. The number of nitriles is 1. The number of benzene rings is 1. The number of nitrogens with zero attached hydrogens (tertiary/aromatic N) is 3. The maximum atomic E-state index is 9.86. The molecule has 4 rings (SSSR count). The SMILES string of the molecule is CCCN1CCc2nc(N)c(C#N)c(C3CNNC3c3ccccc3)c2C1. The zero-order valence-electron chi connectivity index (χ0n) is 15.7. The summed E-state index contributed by atoms with van der Waals surface area (Å²) in [5.41, 5.74) is 18.0. The molecule has 1 aromatic carbocycles. The Morgan fingerprint density at radius 3 is 2.89 bits per heavy atom. The highest BCUT2D eigenvalue weighted by Gasteiger charge is 2.36. The Kier molecular flexibility index (Phi) is 5.08. The number of nitrogens with two attached hydrogens (primary N) is 1. The molecule has 0 radical (unpaired) electrons. The van der Waals surface area contributed by atoms with E-state index in [1.54, 1.807) is 0 Å². The molecule has 140 valence electrons. The minimum Gasteiger partial charge on any atom is -0.383 e. The van der Waals surface area contributed by atoms with Crippen molar-refractivity contribution in [2.24, 2.45) is 0 Å². The molecule has 2 aliphatic heterocycles. The number of pyridine rings is 1. The largest absolute Gasteiger partial charge is 0.383 e. The summed E-state index contributed by atoms with van der Waals surface area (Å²) in [7, 11) is 0. The van der Waals surface area contributed by atoms with Crippen molar-refractivity contribution in [1.82, 2.24) is 20.7 Å². The molecule has 2 aliphatic rings. The van der Waals surface area contributed by atoms with Gasteiger partial charge in [-0.3, -0.25) is 10.3 Å². The van der Waals surface area contributed by atoms with Crippen LogP contribution in [0.25, 0.3) is 0 Å². The van der Waals surface area contributed by atoms with Crippen molar-refractivity contribution in [2.75, 3.05) is 25.4 Å². The minimum absolute atomic E-state index is 0.103. The number of anilines is 1. The first-order valence-corrected chi connectivity index (χ1v) is 9.69. The number of hydrogen-bond acceptors (Lipinski definition) is 6. The molecule has 2 atom stereocenters. The average Bonchev–Trinajstić information content (AvgIpc) is 3.17. The zero-order chi connectivity index (χ0) is 18.8. The van der Waals surface area contributed by atoms with Gasteiger partial charge in [0.05, 0.1) is 11.6 Å². The number of nitrogen functional groups attached to an aromatic ring is 1. The van der Waals surface area contributed by atoms with Crippen LogP contribution in [-0.2, 0) is 13.0 Å². The van der Waals surface area contributed by atoms with Crippen molar-refractivity contribution in [2.45, 2.75) is 38.3 Å². The molecule has 0 aliphatic carbocycles. The van der Waals surface area contributed by atoms with Crippen LogP contribution < -0.4 is 16.6 Å². The highest BCUT2D eigenvalue weighted by atomic mass is 15.4. The summed E-state index contributed by atoms with van der Waals surface area (Å²) in [4.78, 5) is 7.05. The molecular weight excluding hydrogens is 336 g/mol. The van der Waals surface area contributed by atoms with E-state index in [2.05, 4.69) is 58.0 Å². The fraction of sp³-hybridized carbons (Fsp3) is 0.429. The third-order valence-corrected chi connectivity index (χ3v) is 5.66. The van der Waals surface area contributed by atoms with E-state index in [-0.39, 0.29) is 12.0 Å². The lowest BCUT2D eigenvalue weighted by atomic mass is 9.82. The van der Waals surface area contributed by atoms with E-state index in [4.69, 9.17) is 5.73 Å². The number of aromatic nitrogens is 1. The van der Waals surface area contributed by atoms with E-state index in [0.29, 0.717) is 11.4 Å². The predicted octanol–water partition coefficient (Wildman–Crippen LogP) is 2.24. The summed E-state index contributed by atoms with van der Waals surface area (Å²) in [6.07, 6.45) is 2.01. The van der Waals surface area contributed by atoms with Gasteiger partial charge in [-0.15, -0.1) is 0 Å². The van der Waals surface area contributed by atoms with E-state index in [1.807, 2.05) is 6.07 Å². The first-order chi connectivity index (χ1) is 13.2. The third-order valence-electron chi connectivity index (χ3n) is 5.66. The Morgan fingerprint density at radius 2 is 2.15 bits per heavy atom. The van der Waals surface area contributed by atoms with Gasteiger partial charge < -0.3 is 5.73 Å². The van der Waals surface area contributed by atoms with Crippen molar-refractivity contribution in [3.05, 3.63) is 58.3 Å². The lowest BCUT2D eigenvalue weighted by molar-refractivity contribution is 0.251. The maximum Gasteiger partial charge on any atom is 0.141 e. The normalized spacial score (nSPS) is 22.4. The van der Waals surface area contributed by atoms with Crippen LogP contribution in [0.3, 0.4) is 0 Å². The van der Waals surface area contributed by atoms with E-state index < -0.39 is 0 Å². The number of hydrazine groups is 1. The Morgan fingerprint density at radius 1 is 1.33 bits per heavy atom. The van der Waals surface area contributed by atoms with Gasteiger partial charge in [0, 0.05) is 37.7 Å². The molecule has 0 bridgehead atoms. The second-order valence-corrected chi connectivity index (χ2v) is 7.37. The van der Waals surface area contributed by atoms with Crippen LogP contribution in [-0.4, -0.2) is 29.5 Å². The van der Waals surface area contributed by atoms with Crippen LogP contribution in [0.1, 0.15) is 53.3 Å². The number of fused-ring (bicyclic) bond motifs is 1. The molecular formula is C21H26N6. The number of hydrogen-bond donors (Lipinski definition) is 3. The van der Waals surface area contributed by atoms with Crippen LogP contribution in [0.15, 0.2) is 30.3 Å². The quantitative estimate of drug-likeness (QED) is 0.773. The highest BCUT2D eigenvalue weighted by molar-refractivity contribution is 5.60. The van der Waals surface area contributed by atoms with E-state index >= 15 is 0 Å². The fourth-order valence-corrected chi connectivity index (χ4v) is 4.44. The van der Waals surface area contributed by atoms with Crippen LogP contribution in [0, 0.1) is 11.3 Å². The lowest BCUT2D eigenvalue weighted by Crippen LogP contribution is -2.34. The van der Waals surface area contributed by atoms with Crippen molar-refractivity contribution < 1.29 is 0 Å². The van der Waals surface area contributed by atoms with Gasteiger partial charge in [-0.05, 0) is 29.7 Å². The van der Waals surface area contributed by atoms with Crippen LogP contribution in [0.2, 0.25) is 0 Å². The van der Waals surface area contributed by atoms with Crippen molar-refractivity contribution in [1.29, 1.82) is 5.26 Å². The smallest absolute Gasteiger partial charge is 0.141 e. The third kappa shape index (κ3) is 3.30. The van der Waals surface area contributed by atoms with Crippen LogP contribution >= 0.6 is 0 Å². The molecule has 1 aromatic heterocycles. The minimum atomic E-state index is 0.103. The van der Waals surface area contributed by atoms with Crippen LogP contribution in [0.5, 0.6) is 0 Å². The maximum absolute atomic E-state index is 9.86. The fourth-order valence-electron chi connectivity index (χ4n) is 4.44. The van der Waals surface area contributed by atoms with Gasteiger partial charge in [0.1, 0.15) is 11.9 Å². The number of rotatable bonds is 4. The van der Waals surface area contributed by atoms with Gasteiger partial charge in [0.25, 0.3) is 0 Å². The van der Waals surface area contributed by atoms with Crippen molar-refractivity contribution in [3.63, 3.8) is 0 Å². The van der Waals surface area contributed by atoms with Gasteiger partial charge in [-0.25, -0.2) is 10.4 Å². The van der Waals surface area contributed by atoms with Crippen molar-refractivity contribution in [3.8, 4) is 6.07 Å². The molecule has 0 spiro atoms. The molecule has 1 saturated heterocycles. The molecule has 3 heterocycles. The monoisotopic (exact) mass is 362 g/mol. The average molecular weight is 362 g/mol.